The Morgan fingerprint density at radius 2 is 2.00 bits per heavy atom. The van der Waals surface area contributed by atoms with Crippen molar-refractivity contribution in [1.29, 1.82) is 0 Å². The van der Waals surface area contributed by atoms with Gasteiger partial charge in [0.2, 0.25) is 5.95 Å². The SMILES string of the molecule is CN(C)CCc1c[nH]c2cc(Nc3ncc4c(=O)n5n(c4n3)-c3ccc4c(c3)N(CCC/C=C\C5)C(=O)CO4)ccc12. The van der Waals surface area contributed by atoms with E-state index >= 15 is 0 Å². The molecule has 2 aliphatic heterocycles. The van der Waals surface area contributed by atoms with Crippen LogP contribution in [0.1, 0.15) is 18.4 Å². The van der Waals surface area contributed by atoms with Crippen molar-refractivity contribution in [2.75, 3.05) is 44.0 Å². The standard InChI is InChI=1S/C31H32N8O3/c1-36(2)14-11-20-17-32-25-15-21(7-9-23(20)25)34-31-33-18-24-29(35-31)39-22-8-10-27-26(16-22)37(28(40)19-42-27)12-5-3-4-6-13-38(39)30(24)41/h4,6-10,15-18,32H,3,5,11-14,19H2,1-2H3,(H,33,34,35)/b6-4-. The van der Waals surface area contributed by atoms with Gasteiger partial charge in [0, 0.05) is 42.1 Å². The molecule has 5 heterocycles. The van der Waals surface area contributed by atoms with E-state index in [0.29, 0.717) is 47.2 Å². The monoisotopic (exact) mass is 564 g/mol. The Morgan fingerprint density at radius 1 is 1.10 bits per heavy atom. The first-order valence-corrected chi connectivity index (χ1v) is 14.2. The topological polar surface area (TPSA) is 113 Å². The Bertz CT molecular complexity index is 1910. The fourth-order valence-electron chi connectivity index (χ4n) is 5.69. The molecule has 0 spiro atoms. The second-order valence-corrected chi connectivity index (χ2v) is 11.0. The van der Waals surface area contributed by atoms with Crippen LogP contribution in [0.2, 0.25) is 0 Å². The van der Waals surface area contributed by atoms with Crippen molar-refractivity contribution in [2.24, 2.45) is 0 Å². The molecule has 2 aromatic carbocycles. The van der Waals surface area contributed by atoms with E-state index in [-0.39, 0.29) is 18.1 Å². The van der Waals surface area contributed by atoms with Crippen LogP contribution in [0.25, 0.3) is 27.6 Å². The summed E-state index contributed by atoms with van der Waals surface area (Å²) in [6.45, 7) is 1.98. The third-order valence-corrected chi connectivity index (χ3v) is 7.86. The molecule has 7 rings (SSSR count). The van der Waals surface area contributed by atoms with Crippen molar-refractivity contribution < 1.29 is 9.53 Å². The molecule has 0 saturated heterocycles. The number of carbonyl (C=O) groups is 1. The third kappa shape index (κ3) is 4.61. The number of benzene rings is 2. The summed E-state index contributed by atoms with van der Waals surface area (Å²) < 4.78 is 9.17. The van der Waals surface area contributed by atoms with Crippen molar-refractivity contribution in [3.63, 3.8) is 0 Å². The van der Waals surface area contributed by atoms with Gasteiger partial charge in [0.1, 0.15) is 11.1 Å². The van der Waals surface area contributed by atoms with Gasteiger partial charge in [-0.25, -0.2) is 14.3 Å². The van der Waals surface area contributed by atoms with Crippen molar-refractivity contribution in [3.05, 3.63) is 76.9 Å². The molecule has 11 nitrogen and oxygen atoms in total. The lowest BCUT2D eigenvalue weighted by Crippen LogP contribution is -2.39. The number of hydrogen-bond donors (Lipinski definition) is 2. The summed E-state index contributed by atoms with van der Waals surface area (Å²) in [5.41, 5.74) is 4.84. The second kappa shape index (κ2) is 10.5. The summed E-state index contributed by atoms with van der Waals surface area (Å²) in [7, 11) is 4.15. The van der Waals surface area contributed by atoms with Gasteiger partial charge in [-0.05, 0) is 69.3 Å². The number of aromatic amines is 1. The van der Waals surface area contributed by atoms with Crippen LogP contribution in [-0.2, 0) is 17.8 Å². The maximum Gasteiger partial charge on any atom is 0.278 e. The molecule has 2 N–H and O–H groups in total. The van der Waals surface area contributed by atoms with Gasteiger partial charge in [-0.2, -0.15) is 4.98 Å². The first-order valence-electron chi connectivity index (χ1n) is 14.2. The molecule has 0 radical (unpaired) electrons. The predicted octanol–water partition coefficient (Wildman–Crippen LogP) is 3.99. The van der Waals surface area contributed by atoms with Gasteiger partial charge < -0.3 is 24.8 Å². The van der Waals surface area contributed by atoms with Gasteiger partial charge in [-0.3, -0.25) is 9.59 Å². The van der Waals surface area contributed by atoms with E-state index < -0.39 is 0 Å². The highest BCUT2D eigenvalue weighted by molar-refractivity contribution is 5.98. The van der Waals surface area contributed by atoms with Crippen LogP contribution in [-0.4, -0.2) is 68.9 Å². The predicted molar refractivity (Wildman–Crippen MR) is 163 cm³/mol. The molecule has 0 atom stereocenters. The van der Waals surface area contributed by atoms with Crippen molar-refractivity contribution >= 4 is 45.2 Å². The normalized spacial score (nSPS) is 15.8. The maximum absolute atomic E-state index is 13.6. The molecule has 1 amide bonds. The number of ether oxygens (including phenoxy) is 1. The highest BCUT2D eigenvalue weighted by Crippen LogP contribution is 2.35. The molecule has 214 valence electrons. The number of allylic oxidation sites excluding steroid dienone is 2. The van der Waals surface area contributed by atoms with Gasteiger partial charge in [0.15, 0.2) is 12.3 Å². The van der Waals surface area contributed by atoms with Crippen LogP contribution in [0.15, 0.2) is 65.7 Å². The second-order valence-electron chi connectivity index (χ2n) is 11.0. The van der Waals surface area contributed by atoms with E-state index in [1.807, 2.05) is 36.4 Å². The Balaban J connectivity index is 1.29. The average molecular weight is 565 g/mol. The number of likely N-dealkylation sites (N-methyl/N-ethyl adjacent to an activating group) is 1. The summed E-state index contributed by atoms with van der Waals surface area (Å²) in [6, 6.07) is 11.8. The van der Waals surface area contributed by atoms with Crippen LogP contribution in [0.3, 0.4) is 0 Å². The number of H-pyrrole nitrogens is 1. The minimum atomic E-state index is -0.182. The zero-order valence-corrected chi connectivity index (χ0v) is 23.6. The number of aromatic nitrogens is 5. The smallest absolute Gasteiger partial charge is 0.278 e. The van der Waals surface area contributed by atoms with Gasteiger partial charge in [-0.1, -0.05) is 18.2 Å². The Hall–Kier alpha value is -4.90. The van der Waals surface area contributed by atoms with E-state index in [1.54, 1.807) is 20.5 Å². The van der Waals surface area contributed by atoms with Gasteiger partial charge in [0.25, 0.3) is 11.5 Å². The molecule has 5 aromatic rings. The Morgan fingerprint density at radius 3 is 2.88 bits per heavy atom. The number of rotatable bonds is 5. The van der Waals surface area contributed by atoms with E-state index in [2.05, 4.69) is 52.6 Å². The maximum atomic E-state index is 13.6. The number of amides is 1. The molecule has 3 aromatic heterocycles. The van der Waals surface area contributed by atoms with Gasteiger partial charge in [-0.15, -0.1) is 0 Å². The molecule has 0 saturated carbocycles. The number of nitrogens with one attached hydrogen (secondary N) is 2. The molecular formula is C31H32N8O3. The highest BCUT2D eigenvalue weighted by Gasteiger charge is 2.27. The average Bonchev–Trinajstić information content (AvgIpc) is 3.51. The van der Waals surface area contributed by atoms with E-state index in [9.17, 15) is 9.59 Å². The highest BCUT2D eigenvalue weighted by atomic mass is 16.5. The van der Waals surface area contributed by atoms with Crippen molar-refractivity contribution in [2.45, 2.75) is 25.8 Å². The van der Waals surface area contributed by atoms with E-state index in [0.717, 1.165) is 37.0 Å². The third-order valence-electron chi connectivity index (χ3n) is 7.86. The molecule has 0 aliphatic carbocycles. The van der Waals surface area contributed by atoms with Crippen LogP contribution in [0, 0.1) is 0 Å². The van der Waals surface area contributed by atoms with Crippen LogP contribution >= 0.6 is 0 Å². The summed E-state index contributed by atoms with van der Waals surface area (Å²) in [5, 5.41) is 4.92. The molecule has 0 unspecified atom stereocenters. The lowest BCUT2D eigenvalue weighted by atomic mass is 10.1. The quantitative estimate of drug-likeness (QED) is 0.311. The molecule has 0 fully saturated rings. The minimum Gasteiger partial charge on any atom is -0.482 e. The Kier molecular flexibility index (Phi) is 6.50. The molecule has 2 bridgehead atoms. The van der Waals surface area contributed by atoms with Gasteiger partial charge >= 0.3 is 0 Å². The largest absolute Gasteiger partial charge is 0.482 e. The van der Waals surface area contributed by atoms with Crippen molar-refractivity contribution in [1.82, 2.24) is 29.2 Å². The summed E-state index contributed by atoms with van der Waals surface area (Å²) in [6.07, 6.45) is 10.3. The molecule has 2 aliphatic rings. The first kappa shape index (κ1) is 26.0. The van der Waals surface area contributed by atoms with E-state index in [1.165, 1.54) is 10.9 Å². The fourth-order valence-corrected chi connectivity index (χ4v) is 5.69. The number of nitrogens with zero attached hydrogens (tertiary/aromatic N) is 6. The lowest BCUT2D eigenvalue weighted by molar-refractivity contribution is -0.121. The summed E-state index contributed by atoms with van der Waals surface area (Å²) >= 11 is 0. The van der Waals surface area contributed by atoms with Crippen LogP contribution < -0.4 is 20.5 Å². The Labute approximate surface area is 242 Å². The molecule has 42 heavy (non-hydrogen) atoms. The van der Waals surface area contributed by atoms with Crippen molar-refractivity contribution in [3.8, 4) is 11.4 Å². The summed E-state index contributed by atoms with van der Waals surface area (Å²) in [5.74, 6) is 0.952. The minimum absolute atomic E-state index is 0.0211. The number of carbonyl (C=O) groups excluding carboxylic acids is 1. The first-order chi connectivity index (χ1) is 20.5. The molecular weight excluding hydrogens is 532 g/mol. The lowest BCUT2D eigenvalue weighted by Gasteiger charge is -2.30. The fraction of sp³-hybridized carbons (Fsp3) is 0.290. The zero-order valence-electron chi connectivity index (χ0n) is 23.6. The summed E-state index contributed by atoms with van der Waals surface area (Å²) in [4.78, 5) is 42.9. The zero-order chi connectivity index (χ0) is 28.8. The van der Waals surface area contributed by atoms with Gasteiger partial charge in [0.05, 0.1) is 17.9 Å². The number of fused-ring (bicyclic) bond motifs is 6. The molecule has 11 heteroatoms. The number of anilines is 3. The number of hydrogen-bond acceptors (Lipinski definition) is 7. The van der Waals surface area contributed by atoms with Crippen LogP contribution in [0.5, 0.6) is 5.75 Å². The van der Waals surface area contributed by atoms with Crippen LogP contribution in [0.4, 0.5) is 17.3 Å². The van der Waals surface area contributed by atoms with E-state index in [4.69, 9.17) is 9.72 Å².